The third-order valence-corrected chi connectivity index (χ3v) is 4.27. The highest BCUT2D eigenvalue weighted by Crippen LogP contribution is 2.26. The molecule has 0 radical (unpaired) electrons. The Hall–Kier alpha value is -1.95. The molecule has 2 aliphatic rings. The summed E-state index contributed by atoms with van der Waals surface area (Å²) in [6, 6.07) is 0. The monoisotopic (exact) mass is 289 g/mol. The summed E-state index contributed by atoms with van der Waals surface area (Å²) in [4.78, 5) is 23.2. The van der Waals surface area contributed by atoms with E-state index in [1.807, 2.05) is 12.3 Å². The van der Waals surface area contributed by atoms with Crippen LogP contribution >= 0.6 is 11.3 Å². The summed E-state index contributed by atoms with van der Waals surface area (Å²) in [5.74, 6) is -0.398. The Morgan fingerprint density at radius 2 is 2.40 bits per heavy atom. The summed E-state index contributed by atoms with van der Waals surface area (Å²) in [6.45, 7) is 2.98. The molecule has 0 N–H and O–H groups in total. The quantitative estimate of drug-likeness (QED) is 0.619. The molecule has 2 aliphatic heterocycles. The van der Waals surface area contributed by atoms with E-state index in [-0.39, 0.29) is 0 Å². The van der Waals surface area contributed by atoms with E-state index in [1.54, 1.807) is 6.20 Å². The average molecular weight is 289 g/mol. The van der Waals surface area contributed by atoms with Crippen LogP contribution in [0.3, 0.4) is 0 Å². The van der Waals surface area contributed by atoms with E-state index in [0.717, 1.165) is 25.0 Å². The molecule has 1 fully saturated rings. The van der Waals surface area contributed by atoms with Gasteiger partial charge in [-0.3, -0.25) is 0 Å². The van der Waals surface area contributed by atoms with Crippen LogP contribution in [0.5, 0.6) is 0 Å². The first-order valence-electron chi connectivity index (χ1n) is 6.49. The van der Waals surface area contributed by atoms with Crippen molar-refractivity contribution in [2.75, 3.05) is 13.6 Å². The van der Waals surface area contributed by atoms with Crippen LogP contribution in [0.25, 0.3) is 0 Å². The second kappa shape index (κ2) is 5.20. The maximum atomic E-state index is 11.9. The average Bonchev–Trinajstić information content (AvgIpc) is 3.11. The van der Waals surface area contributed by atoms with Crippen LogP contribution < -0.4 is 0 Å². The molecule has 3 heterocycles. The summed E-state index contributed by atoms with van der Waals surface area (Å²) >= 11 is 1.45. The van der Waals surface area contributed by atoms with Gasteiger partial charge in [-0.15, -0.1) is 11.3 Å². The lowest BCUT2D eigenvalue weighted by atomic mass is 10.0. The minimum atomic E-state index is -0.398. The Balaban J connectivity index is 1.99. The maximum absolute atomic E-state index is 11.9. The van der Waals surface area contributed by atoms with Gasteiger partial charge in [-0.2, -0.15) is 0 Å². The minimum absolute atomic E-state index is 0.398. The van der Waals surface area contributed by atoms with Crippen LogP contribution in [0.1, 0.15) is 24.8 Å². The van der Waals surface area contributed by atoms with Gasteiger partial charge in [0.15, 0.2) is 5.71 Å². The number of nitrogens with zero attached hydrogens (tertiary/aromatic N) is 3. The van der Waals surface area contributed by atoms with Crippen molar-refractivity contribution in [1.29, 1.82) is 0 Å². The van der Waals surface area contributed by atoms with Crippen LogP contribution in [-0.4, -0.2) is 35.2 Å². The molecule has 20 heavy (non-hydrogen) atoms. The van der Waals surface area contributed by atoms with Gasteiger partial charge in [-0.05, 0) is 31.4 Å². The van der Waals surface area contributed by atoms with E-state index in [0.29, 0.717) is 16.3 Å². The Morgan fingerprint density at radius 3 is 3.05 bits per heavy atom. The molecule has 0 aromatic carbocycles. The van der Waals surface area contributed by atoms with Crippen LogP contribution in [0, 0.1) is 0 Å². The predicted molar refractivity (Wildman–Crippen MR) is 77.4 cm³/mol. The molecule has 0 bridgehead atoms. The number of carbonyl (C=O) groups is 1. The van der Waals surface area contributed by atoms with Crippen LogP contribution in [0.2, 0.25) is 0 Å². The van der Waals surface area contributed by atoms with Crippen LogP contribution in [0.15, 0.2) is 39.7 Å². The van der Waals surface area contributed by atoms with Gasteiger partial charge in [0.05, 0.1) is 5.57 Å². The molecule has 0 aliphatic carbocycles. The Bertz CT molecular complexity index is 629. The van der Waals surface area contributed by atoms with Gasteiger partial charge >= 0.3 is 5.97 Å². The topological polar surface area (TPSA) is 54.8 Å². The summed E-state index contributed by atoms with van der Waals surface area (Å²) in [5, 5.41) is 6.44. The van der Waals surface area contributed by atoms with Gasteiger partial charge < -0.3 is 9.74 Å². The Morgan fingerprint density at radius 1 is 1.55 bits per heavy atom. The fourth-order valence-corrected chi connectivity index (χ4v) is 3.07. The lowest BCUT2D eigenvalue weighted by Crippen LogP contribution is -2.12. The molecule has 0 saturated carbocycles. The molecule has 0 atom stereocenters. The standard InChI is InChI=1S/C14H15N3O2S/c1-9(8-10-4-3-6-17(10)2)11-12(16-19-14(11)18)13-15-5-7-20-13/h5,7-8H,3-4,6H2,1-2H3/b10-8?,11-9+. The van der Waals surface area contributed by atoms with E-state index in [9.17, 15) is 4.79 Å². The third kappa shape index (κ3) is 2.27. The van der Waals surface area contributed by atoms with E-state index < -0.39 is 5.97 Å². The van der Waals surface area contributed by atoms with Crippen molar-refractivity contribution >= 4 is 23.0 Å². The van der Waals surface area contributed by atoms with E-state index in [2.05, 4.69) is 28.2 Å². The van der Waals surface area contributed by atoms with E-state index >= 15 is 0 Å². The summed E-state index contributed by atoms with van der Waals surface area (Å²) < 4.78 is 0. The number of rotatable bonds is 2. The number of oxime groups is 1. The molecule has 0 unspecified atom stereocenters. The number of carbonyl (C=O) groups excluding carboxylic acids is 1. The largest absolute Gasteiger partial charge is 0.378 e. The number of hydrogen-bond donors (Lipinski definition) is 0. The fourth-order valence-electron chi connectivity index (χ4n) is 2.45. The SMILES string of the molecule is C/C(C=C1CCCN1C)=C1\C(=O)ON=C1c1nccs1. The molecule has 0 amide bonds. The van der Waals surface area contributed by atoms with Gasteiger partial charge in [0.25, 0.3) is 0 Å². The van der Waals surface area contributed by atoms with Gasteiger partial charge in [0.2, 0.25) is 0 Å². The lowest BCUT2D eigenvalue weighted by Gasteiger charge is -2.12. The zero-order valence-corrected chi connectivity index (χ0v) is 12.2. The molecule has 5 nitrogen and oxygen atoms in total. The zero-order valence-electron chi connectivity index (χ0n) is 11.4. The van der Waals surface area contributed by atoms with Crippen molar-refractivity contribution in [2.45, 2.75) is 19.8 Å². The number of hydrogen-bond acceptors (Lipinski definition) is 6. The van der Waals surface area contributed by atoms with Crippen molar-refractivity contribution in [3.8, 4) is 0 Å². The molecule has 3 rings (SSSR count). The number of allylic oxidation sites excluding steroid dienone is 3. The molecule has 1 aromatic rings. The van der Waals surface area contributed by atoms with Gasteiger partial charge in [0, 0.05) is 30.9 Å². The zero-order chi connectivity index (χ0) is 14.1. The highest BCUT2D eigenvalue weighted by molar-refractivity contribution is 7.12. The molecule has 1 aromatic heterocycles. The second-order valence-electron chi connectivity index (χ2n) is 4.87. The molecule has 104 valence electrons. The van der Waals surface area contributed by atoms with Gasteiger partial charge in [-0.1, -0.05) is 5.16 Å². The number of aromatic nitrogens is 1. The number of likely N-dealkylation sites (tertiary alicyclic amines) is 1. The first kappa shape index (κ1) is 13.1. The Labute approximate surface area is 121 Å². The fraction of sp³-hybridized carbons (Fsp3) is 0.357. The summed E-state index contributed by atoms with van der Waals surface area (Å²) in [5.41, 5.74) is 3.19. The van der Waals surface area contributed by atoms with Crippen molar-refractivity contribution in [2.24, 2.45) is 5.16 Å². The van der Waals surface area contributed by atoms with Crippen molar-refractivity contribution in [3.63, 3.8) is 0 Å². The lowest BCUT2D eigenvalue weighted by molar-refractivity contribution is -0.136. The minimum Gasteiger partial charge on any atom is -0.378 e. The molecule has 6 heteroatoms. The van der Waals surface area contributed by atoms with E-state index in [1.165, 1.54) is 17.0 Å². The van der Waals surface area contributed by atoms with Gasteiger partial charge in [-0.25, -0.2) is 9.78 Å². The first-order valence-corrected chi connectivity index (χ1v) is 7.37. The maximum Gasteiger partial charge on any atom is 0.368 e. The molecule has 1 saturated heterocycles. The molecular formula is C14H15N3O2S. The highest BCUT2D eigenvalue weighted by Gasteiger charge is 2.30. The van der Waals surface area contributed by atoms with Crippen LogP contribution in [-0.2, 0) is 9.63 Å². The summed E-state index contributed by atoms with van der Waals surface area (Å²) in [6.07, 6.45) is 5.95. The smallest absolute Gasteiger partial charge is 0.368 e. The first-order chi connectivity index (χ1) is 9.66. The second-order valence-corrected chi connectivity index (χ2v) is 5.77. The van der Waals surface area contributed by atoms with Crippen molar-refractivity contribution in [1.82, 2.24) is 9.88 Å². The van der Waals surface area contributed by atoms with Gasteiger partial charge in [0.1, 0.15) is 5.01 Å². The highest BCUT2D eigenvalue weighted by atomic mass is 32.1. The molecule has 0 spiro atoms. The normalized spacial score (nSPS) is 23.3. The number of thiazole rings is 1. The van der Waals surface area contributed by atoms with Crippen molar-refractivity contribution in [3.05, 3.63) is 39.5 Å². The van der Waals surface area contributed by atoms with Crippen LogP contribution in [0.4, 0.5) is 0 Å². The third-order valence-electron chi connectivity index (χ3n) is 3.49. The predicted octanol–water partition coefficient (Wildman–Crippen LogP) is 2.33. The Kier molecular flexibility index (Phi) is 3.40. The molecular weight excluding hydrogens is 274 g/mol. The summed E-state index contributed by atoms with van der Waals surface area (Å²) in [7, 11) is 2.07. The van der Waals surface area contributed by atoms with Crippen molar-refractivity contribution < 1.29 is 9.63 Å². The van der Waals surface area contributed by atoms with E-state index in [4.69, 9.17) is 4.84 Å².